The molecule has 3 aromatic rings. The van der Waals surface area contributed by atoms with Crippen molar-refractivity contribution in [2.75, 3.05) is 17.6 Å². The molecule has 8 nitrogen and oxygen atoms in total. The lowest BCUT2D eigenvalue weighted by atomic mass is 9.88. The van der Waals surface area contributed by atoms with Gasteiger partial charge in [-0.05, 0) is 54.2 Å². The molecule has 1 saturated heterocycles. The number of nitrogens with two attached hydrogens (primary N) is 1. The molecule has 1 spiro atoms. The van der Waals surface area contributed by atoms with Crippen molar-refractivity contribution in [1.82, 2.24) is 9.88 Å². The normalized spacial score (nSPS) is 23.1. The van der Waals surface area contributed by atoms with E-state index in [4.69, 9.17) is 26.8 Å². The molecule has 2 aromatic carbocycles. The Morgan fingerprint density at radius 3 is 2.79 bits per heavy atom. The SMILES string of the molecule is C[C@H]1CCC(c2cc(F)c3c(c2)OC2(CC2)C(=O)N3)N(C(=O)c2cc3c4c(c(N)nc3cc2Cl)COC4)C1. The second-order valence-corrected chi connectivity index (χ2v) is 11.3. The molecule has 3 aliphatic heterocycles. The molecule has 2 fully saturated rings. The maximum Gasteiger partial charge on any atom is 0.268 e. The summed E-state index contributed by atoms with van der Waals surface area (Å²) in [5.74, 6) is -0.128. The summed E-state index contributed by atoms with van der Waals surface area (Å²) in [5.41, 5.74) is 8.65. The van der Waals surface area contributed by atoms with Gasteiger partial charge in [-0.1, -0.05) is 18.5 Å². The van der Waals surface area contributed by atoms with Gasteiger partial charge in [0.05, 0.1) is 35.4 Å². The molecule has 0 radical (unpaired) electrons. The zero-order valence-electron chi connectivity index (χ0n) is 20.8. The first-order valence-electron chi connectivity index (χ1n) is 12.9. The topological polar surface area (TPSA) is 107 Å². The number of piperidine rings is 1. The zero-order valence-corrected chi connectivity index (χ0v) is 21.5. The number of nitrogens with one attached hydrogen (secondary N) is 1. The first-order chi connectivity index (χ1) is 18.2. The average Bonchev–Trinajstić information content (AvgIpc) is 3.47. The first-order valence-corrected chi connectivity index (χ1v) is 13.2. The maximum absolute atomic E-state index is 15.2. The Morgan fingerprint density at radius 1 is 1.21 bits per heavy atom. The Labute approximate surface area is 223 Å². The lowest BCUT2D eigenvalue weighted by Gasteiger charge is -2.39. The van der Waals surface area contributed by atoms with Crippen LogP contribution in [0.25, 0.3) is 10.9 Å². The number of ether oxygens (including phenoxy) is 2. The molecule has 4 aliphatic rings. The van der Waals surface area contributed by atoms with Crippen molar-refractivity contribution < 1.29 is 23.5 Å². The van der Waals surface area contributed by atoms with Gasteiger partial charge < -0.3 is 25.4 Å². The molecule has 10 heteroatoms. The number of carbonyl (C=O) groups excluding carboxylic acids is 2. The third-order valence-corrected chi connectivity index (χ3v) is 8.56. The van der Waals surface area contributed by atoms with Gasteiger partial charge in [-0.2, -0.15) is 0 Å². The third kappa shape index (κ3) is 3.55. The van der Waals surface area contributed by atoms with Gasteiger partial charge in [0.2, 0.25) is 0 Å². The highest BCUT2D eigenvalue weighted by Gasteiger charge is 2.56. The number of rotatable bonds is 2. The molecule has 38 heavy (non-hydrogen) atoms. The molecule has 2 atom stereocenters. The van der Waals surface area contributed by atoms with Gasteiger partial charge >= 0.3 is 0 Å². The van der Waals surface area contributed by atoms with Crippen LogP contribution in [-0.4, -0.2) is 33.8 Å². The highest BCUT2D eigenvalue weighted by molar-refractivity contribution is 6.34. The minimum Gasteiger partial charge on any atom is -0.475 e. The molecule has 4 heterocycles. The van der Waals surface area contributed by atoms with Crippen molar-refractivity contribution in [2.45, 2.75) is 57.5 Å². The summed E-state index contributed by atoms with van der Waals surface area (Å²) in [4.78, 5) is 32.7. The van der Waals surface area contributed by atoms with Crippen molar-refractivity contribution >= 4 is 45.8 Å². The van der Waals surface area contributed by atoms with Gasteiger partial charge in [-0.25, -0.2) is 9.37 Å². The van der Waals surface area contributed by atoms with Crippen LogP contribution in [0, 0.1) is 11.7 Å². The van der Waals surface area contributed by atoms with Crippen LogP contribution in [0.1, 0.15) is 65.7 Å². The van der Waals surface area contributed by atoms with Gasteiger partial charge in [-0.3, -0.25) is 9.59 Å². The van der Waals surface area contributed by atoms with E-state index in [9.17, 15) is 9.59 Å². The molecule has 1 aliphatic carbocycles. The number of carbonyl (C=O) groups is 2. The smallest absolute Gasteiger partial charge is 0.268 e. The van der Waals surface area contributed by atoms with E-state index >= 15 is 4.39 Å². The molecule has 1 aromatic heterocycles. The standard InChI is InChI=1S/C28H26ClFN4O4/c1-13-2-3-22(14-6-20(30)24-23(7-14)38-28(4-5-28)27(36)33-24)34(10-13)26(35)16-8-15-17-11-37-12-18(17)25(31)32-21(15)9-19(16)29/h6-9,13,22H,2-5,10-12H2,1H3,(H2,31,32)(H,33,36)/t13-,22?/m0/s1. The summed E-state index contributed by atoms with van der Waals surface area (Å²) in [6.07, 6.45) is 2.75. The summed E-state index contributed by atoms with van der Waals surface area (Å²) in [6, 6.07) is 6.23. The van der Waals surface area contributed by atoms with Gasteiger partial charge in [0, 0.05) is 30.3 Å². The maximum atomic E-state index is 15.2. The van der Waals surface area contributed by atoms with Crippen molar-refractivity contribution in [2.24, 2.45) is 5.92 Å². The van der Waals surface area contributed by atoms with Gasteiger partial charge in [0.25, 0.3) is 11.8 Å². The average molecular weight is 537 g/mol. The molecule has 7 rings (SSSR count). The minimum atomic E-state index is -0.894. The van der Waals surface area contributed by atoms with E-state index in [2.05, 4.69) is 17.2 Å². The molecular formula is C28H26ClFN4O4. The number of fused-ring (bicyclic) bond motifs is 4. The summed E-state index contributed by atoms with van der Waals surface area (Å²) in [6.45, 7) is 3.37. The number of halogens is 2. The van der Waals surface area contributed by atoms with E-state index in [0.717, 1.165) is 22.9 Å². The fraction of sp³-hybridized carbons (Fsp3) is 0.393. The predicted octanol–water partition coefficient (Wildman–Crippen LogP) is 5.12. The Bertz CT molecular complexity index is 1560. The number of pyridine rings is 1. The van der Waals surface area contributed by atoms with Crippen LogP contribution in [0.2, 0.25) is 5.02 Å². The van der Waals surface area contributed by atoms with Crippen LogP contribution in [-0.2, 0) is 22.7 Å². The number of aromatic nitrogens is 1. The van der Waals surface area contributed by atoms with Crippen LogP contribution >= 0.6 is 11.6 Å². The minimum absolute atomic E-state index is 0.0544. The molecule has 196 valence electrons. The Morgan fingerprint density at radius 2 is 2.00 bits per heavy atom. The highest BCUT2D eigenvalue weighted by Crippen LogP contribution is 2.49. The summed E-state index contributed by atoms with van der Waals surface area (Å²) in [7, 11) is 0. The van der Waals surface area contributed by atoms with Gasteiger partial charge in [-0.15, -0.1) is 0 Å². The lowest BCUT2D eigenvalue weighted by Crippen LogP contribution is -2.42. The predicted molar refractivity (Wildman–Crippen MR) is 139 cm³/mol. The summed E-state index contributed by atoms with van der Waals surface area (Å²) in [5, 5.41) is 3.74. The fourth-order valence-corrected chi connectivity index (χ4v) is 6.20. The number of nitrogen functional groups attached to an aromatic ring is 1. The number of amides is 2. The van der Waals surface area contributed by atoms with E-state index < -0.39 is 11.4 Å². The van der Waals surface area contributed by atoms with E-state index in [1.807, 2.05) is 0 Å². The van der Waals surface area contributed by atoms with Gasteiger partial charge in [0.1, 0.15) is 17.3 Å². The summed E-state index contributed by atoms with van der Waals surface area (Å²) >= 11 is 6.64. The Hall–Kier alpha value is -3.43. The number of likely N-dealkylation sites (tertiary alicyclic amines) is 1. The van der Waals surface area contributed by atoms with Crippen LogP contribution < -0.4 is 15.8 Å². The van der Waals surface area contributed by atoms with Crippen molar-refractivity contribution in [3.05, 3.63) is 57.4 Å². The van der Waals surface area contributed by atoms with Crippen molar-refractivity contribution in [3.8, 4) is 5.75 Å². The Balaban J connectivity index is 1.28. The van der Waals surface area contributed by atoms with E-state index in [-0.39, 0.29) is 34.5 Å². The largest absolute Gasteiger partial charge is 0.475 e. The van der Waals surface area contributed by atoms with E-state index in [1.54, 1.807) is 23.1 Å². The Kier molecular flexibility index (Phi) is 5.16. The van der Waals surface area contributed by atoms with E-state index in [0.29, 0.717) is 67.2 Å². The first kappa shape index (κ1) is 23.7. The monoisotopic (exact) mass is 536 g/mol. The third-order valence-electron chi connectivity index (χ3n) is 8.25. The molecule has 0 bridgehead atoms. The second kappa shape index (κ2) is 8.28. The number of nitrogens with zero attached hydrogens (tertiary/aromatic N) is 2. The fourth-order valence-electron chi connectivity index (χ4n) is 5.96. The lowest BCUT2D eigenvalue weighted by molar-refractivity contribution is -0.125. The number of hydrogen-bond acceptors (Lipinski definition) is 6. The molecule has 3 N–H and O–H groups in total. The molecule has 1 saturated carbocycles. The van der Waals surface area contributed by atoms with Crippen LogP contribution in [0.15, 0.2) is 24.3 Å². The van der Waals surface area contributed by atoms with Crippen molar-refractivity contribution in [3.63, 3.8) is 0 Å². The highest BCUT2D eigenvalue weighted by atomic mass is 35.5. The number of hydrogen-bond donors (Lipinski definition) is 2. The van der Waals surface area contributed by atoms with Crippen LogP contribution in [0.5, 0.6) is 5.75 Å². The summed E-state index contributed by atoms with van der Waals surface area (Å²) < 4.78 is 26.8. The van der Waals surface area contributed by atoms with Crippen LogP contribution in [0.4, 0.5) is 15.9 Å². The second-order valence-electron chi connectivity index (χ2n) is 10.9. The number of anilines is 2. The quantitative estimate of drug-likeness (QED) is 0.471. The number of benzene rings is 2. The molecule has 2 amide bonds. The van der Waals surface area contributed by atoms with Gasteiger partial charge in [0.15, 0.2) is 11.4 Å². The van der Waals surface area contributed by atoms with Crippen molar-refractivity contribution in [1.29, 1.82) is 0 Å². The van der Waals surface area contributed by atoms with Crippen LogP contribution in [0.3, 0.4) is 0 Å². The van der Waals surface area contributed by atoms with E-state index in [1.165, 1.54) is 6.07 Å². The zero-order chi connectivity index (χ0) is 26.3. The molecular weight excluding hydrogens is 511 g/mol. The molecule has 1 unspecified atom stereocenters.